The quantitative estimate of drug-likeness (QED) is 0.391. The van der Waals surface area contributed by atoms with E-state index in [0.29, 0.717) is 12.4 Å². The molecule has 4 rings (SSSR count). The number of halogens is 1. The Bertz CT molecular complexity index is 1140. The van der Waals surface area contributed by atoms with Crippen molar-refractivity contribution < 1.29 is 28.6 Å². The number of Topliss-reactive ketones (excluding diaryl/α,β-unsaturated/α-hetero) is 1. The molecule has 2 saturated heterocycles. The number of ketones is 1. The minimum atomic E-state index is -1.08. The zero-order valence-corrected chi connectivity index (χ0v) is 19.9. The number of hydrogen-bond donors (Lipinski definition) is 1. The van der Waals surface area contributed by atoms with Gasteiger partial charge in [0.15, 0.2) is 0 Å². The fourth-order valence-electron chi connectivity index (χ4n) is 4.60. The molecule has 2 aliphatic heterocycles. The number of rotatable bonds is 5. The van der Waals surface area contributed by atoms with E-state index >= 15 is 0 Å². The van der Waals surface area contributed by atoms with Crippen LogP contribution in [0.25, 0.3) is 5.76 Å². The van der Waals surface area contributed by atoms with Crippen LogP contribution in [0.4, 0.5) is 4.39 Å². The van der Waals surface area contributed by atoms with Gasteiger partial charge in [0, 0.05) is 18.7 Å². The Morgan fingerprint density at radius 2 is 1.94 bits per heavy atom. The molecule has 2 unspecified atom stereocenters. The van der Waals surface area contributed by atoms with Gasteiger partial charge in [-0.2, -0.15) is 0 Å². The van der Waals surface area contributed by atoms with Crippen molar-refractivity contribution in [2.75, 3.05) is 20.3 Å². The predicted octanol–water partition coefficient (Wildman–Crippen LogP) is 4.73. The molecule has 1 N–H and O–H groups in total. The van der Waals surface area contributed by atoms with Crippen LogP contribution < -0.4 is 4.74 Å². The first-order valence-electron chi connectivity index (χ1n) is 11.5. The topological polar surface area (TPSA) is 76.1 Å². The molecule has 2 fully saturated rings. The molecule has 180 valence electrons. The van der Waals surface area contributed by atoms with Crippen LogP contribution in [0.3, 0.4) is 0 Å². The van der Waals surface area contributed by atoms with Crippen molar-refractivity contribution in [3.05, 3.63) is 70.5 Å². The van der Waals surface area contributed by atoms with Crippen LogP contribution in [0, 0.1) is 5.82 Å². The van der Waals surface area contributed by atoms with Gasteiger partial charge in [0.05, 0.1) is 30.4 Å². The number of amides is 1. The molecule has 1 amide bonds. The largest absolute Gasteiger partial charge is 0.507 e. The highest BCUT2D eigenvalue weighted by Crippen LogP contribution is 2.43. The van der Waals surface area contributed by atoms with Gasteiger partial charge in [0.25, 0.3) is 11.7 Å². The van der Waals surface area contributed by atoms with Crippen molar-refractivity contribution >= 4 is 17.4 Å². The molecule has 2 atom stereocenters. The average Bonchev–Trinajstić information content (AvgIpc) is 3.40. The molecule has 34 heavy (non-hydrogen) atoms. The summed E-state index contributed by atoms with van der Waals surface area (Å²) >= 11 is 0. The Morgan fingerprint density at radius 1 is 1.21 bits per heavy atom. The highest BCUT2D eigenvalue weighted by Gasteiger charge is 2.48. The van der Waals surface area contributed by atoms with Gasteiger partial charge in [0.1, 0.15) is 17.3 Å². The van der Waals surface area contributed by atoms with E-state index in [1.165, 1.54) is 24.1 Å². The summed E-state index contributed by atoms with van der Waals surface area (Å²) < 4.78 is 26.1. The number of methoxy groups -OCH3 is 1. The molecule has 0 aromatic heterocycles. The van der Waals surface area contributed by atoms with Crippen LogP contribution >= 0.6 is 0 Å². The highest BCUT2D eigenvalue weighted by molar-refractivity contribution is 6.46. The van der Waals surface area contributed by atoms with E-state index in [1.54, 1.807) is 24.3 Å². The lowest BCUT2D eigenvalue weighted by Gasteiger charge is -2.28. The molecule has 6 nitrogen and oxygen atoms in total. The summed E-state index contributed by atoms with van der Waals surface area (Å²) in [7, 11) is 1.47. The van der Waals surface area contributed by atoms with Crippen LogP contribution in [0.1, 0.15) is 56.3 Å². The summed E-state index contributed by atoms with van der Waals surface area (Å²) in [6.45, 7) is 6.80. The molecular formula is C27H30FNO5. The van der Waals surface area contributed by atoms with Gasteiger partial charge in [-0.15, -0.1) is 0 Å². The number of nitrogens with zero attached hydrogens (tertiary/aromatic N) is 1. The van der Waals surface area contributed by atoms with E-state index in [4.69, 9.17) is 9.47 Å². The minimum Gasteiger partial charge on any atom is -0.507 e. The molecule has 0 saturated carbocycles. The molecule has 2 heterocycles. The van der Waals surface area contributed by atoms with Crippen molar-refractivity contribution in [1.82, 2.24) is 4.90 Å². The maximum atomic E-state index is 15.0. The van der Waals surface area contributed by atoms with E-state index in [0.717, 1.165) is 18.4 Å². The maximum absolute atomic E-state index is 15.0. The van der Waals surface area contributed by atoms with E-state index in [2.05, 4.69) is 0 Å². The summed E-state index contributed by atoms with van der Waals surface area (Å²) in [6.07, 6.45) is 1.36. The predicted molar refractivity (Wildman–Crippen MR) is 126 cm³/mol. The first kappa shape index (κ1) is 24.0. The third-order valence-corrected chi connectivity index (χ3v) is 6.48. The van der Waals surface area contributed by atoms with Crippen LogP contribution in [-0.2, 0) is 19.7 Å². The molecule has 7 heteroatoms. The van der Waals surface area contributed by atoms with E-state index in [1.807, 2.05) is 26.8 Å². The summed E-state index contributed by atoms with van der Waals surface area (Å²) in [5.41, 5.74) is 0.944. The number of ether oxygens (including phenoxy) is 2. The number of benzene rings is 2. The Hall–Kier alpha value is -3.19. The van der Waals surface area contributed by atoms with Crippen molar-refractivity contribution in [3.8, 4) is 5.75 Å². The third kappa shape index (κ3) is 4.32. The second-order valence-corrected chi connectivity index (χ2v) is 9.77. The fraction of sp³-hybridized carbons (Fsp3) is 0.407. The molecule has 0 bridgehead atoms. The zero-order valence-electron chi connectivity index (χ0n) is 19.9. The molecule has 0 aliphatic carbocycles. The van der Waals surface area contributed by atoms with Crippen molar-refractivity contribution in [3.63, 3.8) is 0 Å². The van der Waals surface area contributed by atoms with Gasteiger partial charge in [-0.05, 0) is 42.0 Å². The van der Waals surface area contributed by atoms with Crippen LogP contribution in [0.15, 0.2) is 48.0 Å². The maximum Gasteiger partial charge on any atom is 0.295 e. The van der Waals surface area contributed by atoms with Gasteiger partial charge < -0.3 is 19.5 Å². The standard InChI is InChI=1S/C27H30FNO5/c1-27(2,3)16-11-12-21(33-4)19(14-16)24(30)22-23(18-9-5-6-10-20(18)28)29(26(32)25(22)31)15-17-8-7-13-34-17/h5-6,9-12,14,17,23,30H,7-8,13,15H2,1-4H3/b24-22+. The fourth-order valence-corrected chi connectivity index (χ4v) is 4.60. The Labute approximate surface area is 199 Å². The van der Waals surface area contributed by atoms with Crippen LogP contribution in [-0.4, -0.2) is 48.1 Å². The molecule has 2 aromatic carbocycles. The lowest BCUT2D eigenvalue weighted by molar-refractivity contribution is -0.140. The minimum absolute atomic E-state index is 0.138. The molecule has 0 radical (unpaired) electrons. The number of aliphatic hydroxyl groups excluding tert-OH is 1. The van der Waals surface area contributed by atoms with Crippen molar-refractivity contribution in [2.24, 2.45) is 0 Å². The SMILES string of the molecule is COc1ccc(C(C)(C)C)cc1/C(O)=C1\C(=O)C(=O)N(CC2CCCO2)C1c1ccccc1F. The van der Waals surface area contributed by atoms with Crippen LogP contribution in [0.5, 0.6) is 5.75 Å². The summed E-state index contributed by atoms with van der Waals surface area (Å²) in [5.74, 6) is -2.23. The van der Waals surface area contributed by atoms with Crippen LogP contribution in [0.2, 0.25) is 0 Å². The molecule has 2 aromatic rings. The summed E-state index contributed by atoms with van der Waals surface area (Å²) in [6, 6.07) is 10.3. The number of carbonyl (C=O) groups excluding carboxylic acids is 2. The second-order valence-electron chi connectivity index (χ2n) is 9.77. The van der Waals surface area contributed by atoms with Crippen molar-refractivity contribution in [2.45, 2.75) is 51.2 Å². The third-order valence-electron chi connectivity index (χ3n) is 6.48. The first-order valence-corrected chi connectivity index (χ1v) is 11.5. The lowest BCUT2D eigenvalue weighted by Crippen LogP contribution is -2.36. The number of hydrogen-bond acceptors (Lipinski definition) is 5. The number of carbonyl (C=O) groups is 2. The van der Waals surface area contributed by atoms with Gasteiger partial charge in [-0.25, -0.2) is 4.39 Å². The molecule has 0 spiro atoms. The Kier molecular flexibility index (Phi) is 6.49. The first-order chi connectivity index (χ1) is 16.1. The Morgan fingerprint density at radius 3 is 2.56 bits per heavy atom. The zero-order chi connectivity index (χ0) is 24.6. The highest BCUT2D eigenvalue weighted by atomic mass is 19.1. The van der Waals surface area contributed by atoms with Gasteiger partial charge in [-0.1, -0.05) is 45.0 Å². The average molecular weight is 468 g/mol. The van der Waals surface area contributed by atoms with E-state index in [-0.39, 0.29) is 40.5 Å². The van der Waals surface area contributed by atoms with E-state index in [9.17, 15) is 19.1 Å². The van der Waals surface area contributed by atoms with Gasteiger partial charge >= 0.3 is 0 Å². The van der Waals surface area contributed by atoms with Gasteiger partial charge in [-0.3, -0.25) is 9.59 Å². The van der Waals surface area contributed by atoms with E-state index < -0.39 is 23.5 Å². The number of likely N-dealkylation sites (tertiary alicyclic amines) is 1. The van der Waals surface area contributed by atoms with Gasteiger partial charge in [0.2, 0.25) is 0 Å². The monoisotopic (exact) mass is 467 g/mol. The summed E-state index contributed by atoms with van der Waals surface area (Å²) in [4.78, 5) is 27.7. The second kappa shape index (κ2) is 9.22. The van der Waals surface area contributed by atoms with Crippen molar-refractivity contribution in [1.29, 1.82) is 0 Å². The molecule has 2 aliphatic rings. The normalized spacial score (nSPS) is 22.4. The lowest BCUT2D eigenvalue weighted by atomic mass is 9.85. The summed E-state index contributed by atoms with van der Waals surface area (Å²) in [5, 5.41) is 11.5. The number of aliphatic hydroxyl groups is 1. The molecular weight excluding hydrogens is 437 g/mol. The Balaban J connectivity index is 1.91. The smallest absolute Gasteiger partial charge is 0.295 e.